The molecule has 0 N–H and O–H groups in total. The quantitative estimate of drug-likeness (QED) is 0.536. The lowest BCUT2D eigenvalue weighted by molar-refractivity contribution is -0.0336. The third-order valence-corrected chi connectivity index (χ3v) is 2.90. The van der Waals surface area contributed by atoms with Crippen molar-refractivity contribution < 1.29 is 18.9 Å². The summed E-state index contributed by atoms with van der Waals surface area (Å²) in [5.74, 6) is 0. The van der Waals surface area contributed by atoms with E-state index < -0.39 is 0 Å². The van der Waals surface area contributed by atoms with Crippen molar-refractivity contribution in [3.05, 3.63) is 18.6 Å². The molecule has 0 unspecified atom stereocenters. The number of ether oxygens (including phenoxy) is 4. The molecule has 0 saturated carbocycles. The van der Waals surface area contributed by atoms with Crippen molar-refractivity contribution in [3.8, 4) is 0 Å². The summed E-state index contributed by atoms with van der Waals surface area (Å²) in [4.78, 5) is 0. The van der Waals surface area contributed by atoms with E-state index in [2.05, 4.69) is 6.42 Å². The van der Waals surface area contributed by atoms with Gasteiger partial charge in [0.25, 0.3) is 0 Å². The van der Waals surface area contributed by atoms with Crippen molar-refractivity contribution in [2.75, 3.05) is 28.4 Å². The van der Waals surface area contributed by atoms with Crippen LogP contribution in [0.1, 0.15) is 6.42 Å². The van der Waals surface area contributed by atoms with Gasteiger partial charge in [-0.25, -0.2) is 0 Å². The maximum absolute atomic E-state index is 5.39. The molecular formula is C12H21O4+. The van der Waals surface area contributed by atoms with E-state index >= 15 is 0 Å². The lowest BCUT2D eigenvalue weighted by atomic mass is 9.97. The van der Waals surface area contributed by atoms with Crippen LogP contribution < -0.4 is 0 Å². The molecule has 0 aliphatic heterocycles. The van der Waals surface area contributed by atoms with Crippen LogP contribution in [0.15, 0.2) is 12.2 Å². The number of methoxy groups -OCH3 is 4. The van der Waals surface area contributed by atoms with Gasteiger partial charge in [0.05, 0.1) is 0 Å². The lowest BCUT2D eigenvalue weighted by Crippen LogP contribution is -2.36. The van der Waals surface area contributed by atoms with Gasteiger partial charge in [0, 0.05) is 28.4 Å². The molecule has 4 nitrogen and oxygen atoms in total. The van der Waals surface area contributed by atoms with Crippen LogP contribution in [-0.2, 0) is 18.9 Å². The van der Waals surface area contributed by atoms with Crippen LogP contribution in [0.2, 0.25) is 0 Å². The number of hydrogen-bond acceptors (Lipinski definition) is 4. The first kappa shape index (κ1) is 13.5. The molecule has 16 heavy (non-hydrogen) atoms. The van der Waals surface area contributed by atoms with Crippen molar-refractivity contribution in [1.82, 2.24) is 0 Å². The SMILES string of the molecule is CO[C@@H]1C=C[C@@H](OC)[C@H](OC)C[CH+][C@H]1OC. The molecule has 0 heterocycles. The lowest BCUT2D eigenvalue weighted by Gasteiger charge is -2.25. The Morgan fingerprint density at radius 1 is 0.875 bits per heavy atom. The van der Waals surface area contributed by atoms with Crippen LogP contribution in [-0.4, -0.2) is 52.9 Å². The molecular weight excluding hydrogens is 208 g/mol. The highest BCUT2D eigenvalue weighted by atomic mass is 16.5. The molecule has 0 bridgehead atoms. The second-order valence-corrected chi connectivity index (χ2v) is 3.73. The minimum atomic E-state index is -0.0690. The fourth-order valence-electron chi connectivity index (χ4n) is 1.89. The van der Waals surface area contributed by atoms with Crippen LogP contribution in [0, 0.1) is 6.42 Å². The molecule has 0 spiro atoms. The fraction of sp³-hybridized carbons (Fsp3) is 0.750. The Balaban J connectivity index is 2.76. The summed E-state index contributed by atoms with van der Waals surface area (Å²) in [7, 11) is 6.72. The number of hydrogen-bond donors (Lipinski definition) is 0. The number of rotatable bonds is 4. The second kappa shape index (κ2) is 6.91. The molecule has 0 saturated heterocycles. The van der Waals surface area contributed by atoms with Crippen molar-refractivity contribution in [2.24, 2.45) is 0 Å². The van der Waals surface area contributed by atoms with E-state index in [0.717, 1.165) is 6.42 Å². The minimum absolute atomic E-state index is 0.0247. The molecule has 0 fully saturated rings. The highest BCUT2D eigenvalue weighted by molar-refractivity contribution is 5.07. The Morgan fingerprint density at radius 2 is 1.50 bits per heavy atom. The summed E-state index contributed by atoms with van der Waals surface area (Å²) < 4.78 is 21.5. The van der Waals surface area contributed by atoms with Gasteiger partial charge in [-0.1, -0.05) is 12.2 Å². The second-order valence-electron chi connectivity index (χ2n) is 3.73. The first-order chi connectivity index (χ1) is 7.76. The van der Waals surface area contributed by atoms with Crippen molar-refractivity contribution in [2.45, 2.75) is 30.8 Å². The molecule has 1 rings (SSSR count). The maximum Gasteiger partial charge on any atom is 0.227 e. The summed E-state index contributed by atoms with van der Waals surface area (Å²) in [5, 5.41) is 0. The summed E-state index contributed by atoms with van der Waals surface area (Å²) in [5.41, 5.74) is 0. The van der Waals surface area contributed by atoms with Crippen LogP contribution in [0.25, 0.3) is 0 Å². The zero-order valence-electron chi connectivity index (χ0n) is 10.4. The Kier molecular flexibility index (Phi) is 5.84. The van der Waals surface area contributed by atoms with Gasteiger partial charge >= 0.3 is 0 Å². The van der Waals surface area contributed by atoms with Crippen LogP contribution in [0.3, 0.4) is 0 Å². The third kappa shape index (κ3) is 3.22. The molecule has 92 valence electrons. The van der Waals surface area contributed by atoms with Crippen LogP contribution in [0.4, 0.5) is 0 Å². The van der Waals surface area contributed by atoms with Crippen molar-refractivity contribution >= 4 is 0 Å². The zero-order valence-corrected chi connectivity index (χ0v) is 10.4. The van der Waals surface area contributed by atoms with Gasteiger partial charge in [0.1, 0.15) is 31.2 Å². The molecule has 0 aromatic rings. The molecule has 1 aliphatic rings. The predicted octanol–water partition coefficient (Wildman–Crippen LogP) is 1.21. The van der Waals surface area contributed by atoms with E-state index in [1.54, 1.807) is 28.4 Å². The van der Waals surface area contributed by atoms with E-state index in [0.29, 0.717) is 0 Å². The third-order valence-electron chi connectivity index (χ3n) is 2.90. The van der Waals surface area contributed by atoms with Gasteiger partial charge in [0.15, 0.2) is 0 Å². The van der Waals surface area contributed by atoms with Crippen molar-refractivity contribution in [1.29, 1.82) is 0 Å². The molecule has 0 radical (unpaired) electrons. The zero-order chi connectivity index (χ0) is 12.0. The summed E-state index contributed by atoms with van der Waals surface area (Å²) in [6.07, 6.45) is 6.64. The van der Waals surface area contributed by atoms with Gasteiger partial charge in [-0.3, -0.25) is 0 Å². The molecule has 4 heteroatoms. The fourth-order valence-corrected chi connectivity index (χ4v) is 1.89. The van der Waals surface area contributed by atoms with Gasteiger partial charge in [-0.2, -0.15) is 0 Å². The predicted molar refractivity (Wildman–Crippen MR) is 61.2 cm³/mol. The van der Waals surface area contributed by atoms with Gasteiger partial charge in [0.2, 0.25) is 6.10 Å². The summed E-state index contributed by atoms with van der Waals surface area (Å²) in [6, 6.07) is 0. The van der Waals surface area contributed by atoms with Crippen molar-refractivity contribution in [3.63, 3.8) is 0 Å². The first-order valence-electron chi connectivity index (χ1n) is 5.39. The first-order valence-corrected chi connectivity index (χ1v) is 5.39. The van der Waals surface area contributed by atoms with E-state index in [1.165, 1.54) is 0 Å². The average Bonchev–Trinajstić information content (AvgIpc) is 2.30. The monoisotopic (exact) mass is 229 g/mol. The van der Waals surface area contributed by atoms with E-state index in [-0.39, 0.29) is 24.4 Å². The Morgan fingerprint density at radius 3 is 2.00 bits per heavy atom. The van der Waals surface area contributed by atoms with E-state index in [1.807, 2.05) is 12.2 Å². The Labute approximate surface area is 97.5 Å². The average molecular weight is 229 g/mol. The topological polar surface area (TPSA) is 36.9 Å². The Bertz CT molecular complexity index is 195. The largest absolute Gasteiger partial charge is 0.374 e. The smallest absolute Gasteiger partial charge is 0.227 e. The highest BCUT2D eigenvalue weighted by Crippen LogP contribution is 2.20. The van der Waals surface area contributed by atoms with E-state index in [4.69, 9.17) is 18.9 Å². The molecule has 4 atom stereocenters. The van der Waals surface area contributed by atoms with Crippen LogP contribution >= 0.6 is 0 Å². The van der Waals surface area contributed by atoms with Crippen LogP contribution in [0.5, 0.6) is 0 Å². The molecule has 1 aliphatic carbocycles. The van der Waals surface area contributed by atoms with Gasteiger partial charge in [-0.05, 0) is 0 Å². The maximum atomic E-state index is 5.39. The van der Waals surface area contributed by atoms with Gasteiger partial charge < -0.3 is 18.9 Å². The highest BCUT2D eigenvalue weighted by Gasteiger charge is 2.33. The summed E-state index contributed by atoms with van der Waals surface area (Å²) >= 11 is 0. The normalized spacial score (nSPS) is 35.2. The molecule has 0 amide bonds. The standard InChI is InChI=1S/C12H21O4/c1-13-9-5-6-11(15-3)12(16-4)8-7-10(9)14-2/h5-7,9-12H,8H2,1-4H3/q+1/t9-,10-,11-,12-/m1/s1. The molecule has 0 aromatic carbocycles. The van der Waals surface area contributed by atoms with Gasteiger partial charge in [-0.15, -0.1) is 0 Å². The Hall–Kier alpha value is -0.550. The van der Waals surface area contributed by atoms with E-state index in [9.17, 15) is 0 Å². The minimum Gasteiger partial charge on any atom is -0.374 e. The summed E-state index contributed by atoms with van der Waals surface area (Å²) in [6.45, 7) is 0. The molecule has 0 aromatic heterocycles.